The minimum atomic E-state index is -0.469. The molecule has 2 N–H and O–H groups in total. The lowest BCUT2D eigenvalue weighted by Gasteiger charge is -2.29. The zero-order valence-electron chi connectivity index (χ0n) is 14.0. The number of cyclic esters (lactones) is 1. The van der Waals surface area contributed by atoms with Gasteiger partial charge in [0.15, 0.2) is 5.11 Å². The van der Waals surface area contributed by atoms with Gasteiger partial charge in [0, 0.05) is 31.6 Å². The molecular formula is C16H21FN4O2S2. The number of rotatable bonds is 4. The largest absolute Gasteiger partial charge is 0.442 e. The van der Waals surface area contributed by atoms with Crippen LogP contribution in [-0.2, 0) is 4.74 Å². The highest BCUT2D eigenvalue weighted by atomic mass is 32.2. The topological polar surface area (TPSA) is 56.8 Å². The van der Waals surface area contributed by atoms with Crippen LogP contribution in [0.2, 0.25) is 0 Å². The molecule has 0 radical (unpaired) electrons. The number of thiocarbonyl (C=S) groups is 1. The molecule has 136 valence electrons. The molecule has 6 nitrogen and oxygen atoms in total. The van der Waals surface area contributed by atoms with Crippen LogP contribution in [0, 0.1) is 5.82 Å². The Kier molecular flexibility index (Phi) is 5.85. The molecule has 2 aliphatic heterocycles. The van der Waals surface area contributed by atoms with Gasteiger partial charge in [-0.1, -0.05) is 0 Å². The third kappa shape index (κ3) is 4.27. The summed E-state index contributed by atoms with van der Waals surface area (Å²) in [7, 11) is 1.72. The molecule has 3 rings (SSSR count). The summed E-state index contributed by atoms with van der Waals surface area (Å²) in [5.41, 5.74) is 1.10. The van der Waals surface area contributed by atoms with Crippen molar-refractivity contribution in [3.63, 3.8) is 0 Å². The minimum absolute atomic E-state index is 0.310. The summed E-state index contributed by atoms with van der Waals surface area (Å²) < 4.78 is 19.9. The number of benzene rings is 1. The van der Waals surface area contributed by atoms with Crippen LogP contribution >= 0.6 is 24.0 Å². The van der Waals surface area contributed by atoms with Crippen molar-refractivity contribution >= 4 is 46.6 Å². The van der Waals surface area contributed by atoms with Gasteiger partial charge in [0.1, 0.15) is 11.9 Å². The summed E-state index contributed by atoms with van der Waals surface area (Å²) in [6.07, 6.45) is -0.802. The Labute approximate surface area is 156 Å². The molecule has 9 heteroatoms. The minimum Gasteiger partial charge on any atom is -0.442 e. The smallest absolute Gasteiger partial charge is 0.414 e. The first-order valence-electron chi connectivity index (χ1n) is 8.14. The molecule has 1 aromatic rings. The number of carbonyl (C=O) groups is 1. The number of thioether (sulfide) groups is 1. The van der Waals surface area contributed by atoms with Crippen LogP contribution in [-0.4, -0.2) is 62.0 Å². The van der Waals surface area contributed by atoms with E-state index in [2.05, 4.69) is 10.6 Å². The van der Waals surface area contributed by atoms with Crippen LogP contribution in [0.3, 0.4) is 0 Å². The Bertz CT molecular complexity index is 655. The Morgan fingerprint density at radius 3 is 2.88 bits per heavy atom. The molecule has 1 atom stereocenters. The van der Waals surface area contributed by atoms with E-state index in [-0.39, 0.29) is 11.9 Å². The van der Waals surface area contributed by atoms with Gasteiger partial charge in [-0.2, -0.15) is 11.8 Å². The van der Waals surface area contributed by atoms with Crippen molar-refractivity contribution in [2.24, 2.45) is 0 Å². The number of hydrogen-bond acceptors (Lipinski definition) is 5. The van der Waals surface area contributed by atoms with Crippen LogP contribution in [0.25, 0.3) is 0 Å². The molecule has 2 saturated heterocycles. The van der Waals surface area contributed by atoms with Crippen LogP contribution < -0.4 is 20.4 Å². The van der Waals surface area contributed by atoms with Crippen molar-refractivity contribution in [1.82, 2.24) is 10.6 Å². The summed E-state index contributed by atoms with van der Waals surface area (Å²) in [5.74, 6) is 1.70. The van der Waals surface area contributed by atoms with Crippen molar-refractivity contribution in [3.05, 3.63) is 24.0 Å². The summed E-state index contributed by atoms with van der Waals surface area (Å²) >= 11 is 6.88. The van der Waals surface area contributed by atoms with E-state index in [1.54, 1.807) is 19.2 Å². The molecule has 0 aliphatic carbocycles. The van der Waals surface area contributed by atoms with Crippen molar-refractivity contribution in [3.8, 4) is 0 Å². The van der Waals surface area contributed by atoms with E-state index in [0.29, 0.717) is 29.6 Å². The van der Waals surface area contributed by atoms with Crippen molar-refractivity contribution in [2.75, 3.05) is 54.5 Å². The number of halogens is 1. The average Bonchev–Trinajstić information content (AvgIpc) is 3.01. The van der Waals surface area contributed by atoms with E-state index in [9.17, 15) is 9.18 Å². The first-order chi connectivity index (χ1) is 12.1. The fraction of sp³-hybridized carbons (Fsp3) is 0.500. The van der Waals surface area contributed by atoms with Crippen LogP contribution in [0.1, 0.15) is 0 Å². The summed E-state index contributed by atoms with van der Waals surface area (Å²) in [6.45, 7) is 2.45. The molecule has 0 aromatic heterocycles. The zero-order valence-corrected chi connectivity index (χ0v) is 15.6. The molecule has 1 aromatic carbocycles. The second-order valence-corrected chi connectivity index (χ2v) is 7.44. The second-order valence-electron chi connectivity index (χ2n) is 5.81. The van der Waals surface area contributed by atoms with Gasteiger partial charge in [-0.25, -0.2) is 9.18 Å². The Morgan fingerprint density at radius 2 is 2.20 bits per heavy atom. The highest BCUT2D eigenvalue weighted by Gasteiger charge is 2.32. The zero-order chi connectivity index (χ0) is 17.8. The van der Waals surface area contributed by atoms with Gasteiger partial charge in [0.05, 0.1) is 24.5 Å². The van der Waals surface area contributed by atoms with Crippen LogP contribution in [0.15, 0.2) is 18.2 Å². The average molecular weight is 385 g/mol. The van der Waals surface area contributed by atoms with Gasteiger partial charge in [0.25, 0.3) is 0 Å². The molecule has 2 fully saturated rings. The SMILES string of the molecule is CNC(=S)NC[C@H]1CN(c2ccc(N3CCSCC3)c(F)c2)C(=O)O1. The molecule has 0 unspecified atom stereocenters. The van der Waals surface area contributed by atoms with E-state index < -0.39 is 6.09 Å². The summed E-state index contributed by atoms with van der Waals surface area (Å²) in [5, 5.41) is 6.25. The quantitative estimate of drug-likeness (QED) is 0.768. The maximum Gasteiger partial charge on any atom is 0.414 e. The normalized spacial score (nSPS) is 20.4. The number of ether oxygens (including phenoxy) is 1. The number of anilines is 2. The first kappa shape index (κ1) is 18.1. The second kappa shape index (κ2) is 8.09. The molecule has 1 amide bonds. The van der Waals surface area contributed by atoms with Crippen LogP contribution in [0.4, 0.5) is 20.6 Å². The van der Waals surface area contributed by atoms with Gasteiger partial charge in [-0.05, 0) is 30.4 Å². The van der Waals surface area contributed by atoms with E-state index in [1.807, 2.05) is 16.7 Å². The Hall–Kier alpha value is -1.74. The van der Waals surface area contributed by atoms with Crippen molar-refractivity contribution in [1.29, 1.82) is 0 Å². The van der Waals surface area contributed by atoms with Crippen LogP contribution in [0.5, 0.6) is 0 Å². The van der Waals surface area contributed by atoms with Crippen molar-refractivity contribution in [2.45, 2.75) is 6.10 Å². The molecular weight excluding hydrogens is 363 g/mol. The number of amides is 1. The van der Waals surface area contributed by atoms with E-state index in [4.69, 9.17) is 17.0 Å². The highest BCUT2D eigenvalue weighted by molar-refractivity contribution is 7.99. The number of nitrogens with zero attached hydrogens (tertiary/aromatic N) is 2. The Morgan fingerprint density at radius 1 is 1.44 bits per heavy atom. The standard InChI is InChI=1S/C16H21FN4O2S2/c1-18-15(24)19-9-12-10-21(16(22)23-12)11-2-3-14(13(17)8-11)20-4-6-25-7-5-20/h2-3,8,12H,4-7,9-10H2,1H3,(H2,18,19,24)/t12-/m0/s1. The fourth-order valence-electron chi connectivity index (χ4n) is 2.86. The van der Waals surface area contributed by atoms with Gasteiger partial charge >= 0.3 is 6.09 Å². The summed E-state index contributed by atoms with van der Waals surface area (Å²) in [4.78, 5) is 15.6. The molecule has 0 spiro atoms. The highest BCUT2D eigenvalue weighted by Crippen LogP contribution is 2.29. The Balaban J connectivity index is 1.66. The van der Waals surface area contributed by atoms with Gasteiger partial charge in [0.2, 0.25) is 0 Å². The molecule has 0 bridgehead atoms. The number of carbonyl (C=O) groups excluding carboxylic acids is 1. The molecule has 2 aliphatic rings. The third-order valence-corrected chi connectivity index (χ3v) is 5.48. The van der Waals surface area contributed by atoms with Gasteiger partial charge < -0.3 is 20.3 Å². The van der Waals surface area contributed by atoms with E-state index in [1.165, 1.54) is 11.0 Å². The lowest BCUT2D eigenvalue weighted by atomic mass is 10.2. The third-order valence-electron chi connectivity index (χ3n) is 4.19. The van der Waals surface area contributed by atoms with Gasteiger partial charge in [-0.15, -0.1) is 0 Å². The van der Waals surface area contributed by atoms with E-state index in [0.717, 1.165) is 24.6 Å². The molecule has 0 saturated carbocycles. The fourth-order valence-corrected chi connectivity index (χ4v) is 3.84. The van der Waals surface area contributed by atoms with E-state index >= 15 is 0 Å². The van der Waals surface area contributed by atoms with Gasteiger partial charge in [-0.3, -0.25) is 4.90 Å². The summed E-state index contributed by atoms with van der Waals surface area (Å²) in [6, 6.07) is 4.93. The molecule has 2 heterocycles. The number of hydrogen-bond donors (Lipinski definition) is 2. The number of nitrogens with one attached hydrogen (secondary N) is 2. The first-order valence-corrected chi connectivity index (χ1v) is 9.70. The predicted molar refractivity (Wildman–Crippen MR) is 103 cm³/mol. The monoisotopic (exact) mass is 384 g/mol. The maximum absolute atomic E-state index is 14.5. The van der Waals surface area contributed by atoms with Crippen molar-refractivity contribution < 1.29 is 13.9 Å². The maximum atomic E-state index is 14.5. The molecule has 25 heavy (non-hydrogen) atoms. The predicted octanol–water partition coefficient (Wildman–Crippen LogP) is 1.80. The lowest BCUT2D eigenvalue weighted by Crippen LogP contribution is -2.39. The lowest BCUT2D eigenvalue weighted by molar-refractivity contribution is 0.143.